The molecule has 1 amide bonds. The quantitative estimate of drug-likeness (QED) is 0.829. The highest BCUT2D eigenvalue weighted by Crippen LogP contribution is 2.21. The normalized spacial score (nSPS) is 11.0. The highest BCUT2D eigenvalue weighted by molar-refractivity contribution is 9.11. The van der Waals surface area contributed by atoms with Crippen molar-refractivity contribution >= 4 is 50.6 Å². The molecule has 2 nitrogen and oxygen atoms in total. The van der Waals surface area contributed by atoms with Gasteiger partial charge in [0.1, 0.15) is 0 Å². The number of amides is 1. The van der Waals surface area contributed by atoms with Crippen molar-refractivity contribution in [3.05, 3.63) is 48.8 Å². The Hall–Kier alpha value is -0.910. The first-order chi connectivity index (χ1) is 8.65. The van der Waals surface area contributed by atoms with E-state index >= 15 is 0 Å². The van der Waals surface area contributed by atoms with Crippen molar-refractivity contribution in [3.8, 4) is 0 Å². The van der Waals surface area contributed by atoms with Crippen LogP contribution in [0.15, 0.2) is 32.8 Å². The fourth-order valence-electron chi connectivity index (χ4n) is 1.39. The first-order valence-electron chi connectivity index (χ1n) is 5.38. The molecule has 0 unspecified atom stereocenters. The SMILES string of the molecule is Cc1ccsc1CNC(=O)/C=C/c1csc(Br)c1. The molecule has 0 aromatic carbocycles. The third kappa shape index (κ3) is 3.80. The molecule has 0 radical (unpaired) electrons. The summed E-state index contributed by atoms with van der Waals surface area (Å²) >= 11 is 6.66. The van der Waals surface area contributed by atoms with E-state index in [1.807, 2.05) is 22.9 Å². The molecular weight excluding hydrogens is 330 g/mol. The average molecular weight is 342 g/mol. The van der Waals surface area contributed by atoms with Gasteiger partial charge in [0.15, 0.2) is 0 Å². The van der Waals surface area contributed by atoms with Gasteiger partial charge in [0, 0.05) is 11.0 Å². The number of hydrogen-bond acceptors (Lipinski definition) is 3. The van der Waals surface area contributed by atoms with Crippen molar-refractivity contribution in [1.82, 2.24) is 5.32 Å². The molecule has 0 aliphatic heterocycles. The summed E-state index contributed by atoms with van der Waals surface area (Å²) < 4.78 is 1.07. The number of carbonyl (C=O) groups excluding carboxylic acids is 1. The van der Waals surface area contributed by atoms with E-state index in [-0.39, 0.29) is 5.91 Å². The summed E-state index contributed by atoms with van der Waals surface area (Å²) in [5.41, 5.74) is 2.26. The Kier molecular flexibility index (Phi) is 4.74. The van der Waals surface area contributed by atoms with Crippen LogP contribution in [-0.4, -0.2) is 5.91 Å². The predicted octanol–water partition coefficient (Wildman–Crippen LogP) is 4.21. The lowest BCUT2D eigenvalue weighted by Crippen LogP contribution is -2.19. The Morgan fingerprint density at radius 2 is 2.33 bits per heavy atom. The van der Waals surface area contributed by atoms with Gasteiger partial charge >= 0.3 is 0 Å². The summed E-state index contributed by atoms with van der Waals surface area (Å²) in [4.78, 5) is 12.8. The summed E-state index contributed by atoms with van der Waals surface area (Å²) in [5.74, 6) is -0.0647. The van der Waals surface area contributed by atoms with Crippen LogP contribution in [0.1, 0.15) is 16.0 Å². The van der Waals surface area contributed by atoms with Crippen molar-refractivity contribution in [1.29, 1.82) is 0 Å². The van der Waals surface area contributed by atoms with Gasteiger partial charge < -0.3 is 5.32 Å². The monoisotopic (exact) mass is 341 g/mol. The van der Waals surface area contributed by atoms with Crippen LogP contribution in [0.2, 0.25) is 0 Å². The van der Waals surface area contributed by atoms with Gasteiger partial charge in [-0.25, -0.2) is 0 Å². The highest BCUT2D eigenvalue weighted by atomic mass is 79.9. The van der Waals surface area contributed by atoms with Crippen LogP contribution in [0.4, 0.5) is 0 Å². The molecule has 18 heavy (non-hydrogen) atoms. The summed E-state index contributed by atoms with van der Waals surface area (Å²) in [5, 5.41) is 6.91. The molecule has 0 bridgehead atoms. The number of carbonyl (C=O) groups is 1. The molecule has 0 saturated heterocycles. The molecule has 5 heteroatoms. The van der Waals surface area contributed by atoms with Gasteiger partial charge in [-0.3, -0.25) is 4.79 Å². The van der Waals surface area contributed by atoms with E-state index in [0.717, 1.165) is 9.35 Å². The van der Waals surface area contributed by atoms with Crippen molar-refractivity contribution in [2.45, 2.75) is 13.5 Å². The van der Waals surface area contributed by atoms with E-state index in [1.54, 1.807) is 28.7 Å². The van der Waals surface area contributed by atoms with E-state index in [1.165, 1.54) is 10.4 Å². The topological polar surface area (TPSA) is 29.1 Å². The fraction of sp³-hybridized carbons (Fsp3) is 0.154. The smallest absolute Gasteiger partial charge is 0.244 e. The van der Waals surface area contributed by atoms with E-state index in [2.05, 4.69) is 34.2 Å². The van der Waals surface area contributed by atoms with E-state index in [0.29, 0.717) is 6.54 Å². The molecule has 0 saturated carbocycles. The van der Waals surface area contributed by atoms with Gasteiger partial charge in [-0.1, -0.05) is 0 Å². The molecule has 0 spiro atoms. The molecule has 2 aromatic heterocycles. The van der Waals surface area contributed by atoms with Gasteiger partial charge in [-0.15, -0.1) is 22.7 Å². The standard InChI is InChI=1S/C13H12BrNOS2/c1-9-4-5-17-11(9)7-15-13(16)3-2-10-6-12(14)18-8-10/h2-6,8H,7H2,1H3,(H,15,16)/b3-2+. The van der Waals surface area contributed by atoms with Crippen LogP contribution < -0.4 is 5.32 Å². The minimum Gasteiger partial charge on any atom is -0.348 e. The van der Waals surface area contributed by atoms with Crippen LogP contribution in [0.25, 0.3) is 6.08 Å². The van der Waals surface area contributed by atoms with Gasteiger partial charge in [0.25, 0.3) is 0 Å². The maximum Gasteiger partial charge on any atom is 0.244 e. The average Bonchev–Trinajstić information content (AvgIpc) is 2.93. The van der Waals surface area contributed by atoms with E-state index < -0.39 is 0 Å². The lowest BCUT2D eigenvalue weighted by Gasteiger charge is -2.00. The second kappa shape index (κ2) is 6.31. The van der Waals surface area contributed by atoms with Crippen LogP contribution in [-0.2, 0) is 11.3 Å². The molecule has 94 valence electrons. The van der Waals surface area contributed by atoms with E-state index in [9.17, 15) is 4.79 Å². The molecule has 2 heterocycles. The third-order valence-electron chi connectivity index (χ3n) is 2.41. The molecule has 0 atom stereocenters. The number of nitrogens with one attached hydrogen (secondary N) is 1. The lowest BCUT2D eigenvalue weighted by molar-refractivity contribution is -0.116. The van der Waals surface area contributed by atoms with Crippen LogP contribution in [0.5, 0.6) is 0 Å². The zero-order chi connectivity index (χ0) is 13.0. The van der Waals surface area contributed by atoms with Gasteiger partial charge in [0.2, 0.25) is 5.91 Å². The van der Waals surface area contributed by atoms with Gasteiger partial charge in [0.05, 0.1) is 10.3 Å². The number of rotatable bonds is 4. The minimum absolute atomic E-state index is 0.0647. The molecule has 0 aliphatic carbocycles. The first-order valence-corrected chi connectivity index (χ1v) is 7.93. The maximum atomic E-state index is 11.6. The van der Waals surface area contributed by atoms with Gasteiger partial charge in [-0.2, -0.15) is 0 Å². The van der Waals surface area contributed by atoms with Crippen LogP contribution in [0, 0.1) is 6.92 Å². The zero-order valence-electron chi connectivity index (χ0n) is 9.77. The fourth-order valence-corrected chi connectivity index (χ4v) is 3.38. The molecule has 1 N–H and O–H groups in total. The van der Waals surface area contributed by atoms with Crippen molar-refractivity contribution < 1.29 is 4.79 Å². The first kappa shape index (κ1) is 13.5. The number of halogens is 1. The largest absolute Gasteiger partial charge is 0.348 e. The second-order valence-corrected chi connectivity index (χ2v) is 7.05. The number of thiophene rings is 2. The van der Waals surface area contributed by atoms with Crippen LogP contribution in [0.3, 0.4) is 0 Å². The Morgan fingerprint density at radius 3 is 2.94 bits per heavy atom. The maximum absolute atomic E-state index is 11.6. The van der Waals surface area contributed by atoms with Crippen molar-refractivity contribution in [2.24, 2.45) is 0 Å². The predicted molar refractivity (Wildman–Crippen MR) is 82.0 cm³/mol. The molecular formula is C13H12BrNOS2. The van der Waals surface area contributed by atoms with Crippen LogP contribution >= 0.6 is 38.6 Å². The second-order valence-electron chi connectivity index (χ2n) is 3.76. The summed E-state index contributed by atoms with van der Waals surface area (Å²) in [6.07, 6.45) is 3.38. The Labute approximate surface area is 122 Å². The summed E-state index contributed by atoms with van der Waals surface area (Å²) in [7, 11) is 0. The molecule has 0 aliphatic rings. The zero-order valence-corrected chi connectivity index (χ0v) is 13.0. The minimum atomic E-state index is -0.0647. The Balaban J connectivity index is 1.86. The molecule has 0 fully saturated rings. The van der Waals surface area contributed by atoms with Gasteiger partial charge in [-0.05, 0) is 62.9 Å². The third-order valence-corrected chi connectivity index (χ3v) is 4.95. The number of hydrogen-bond donors (Lipinski definition) is 1. The van der Waals surface area contributed by atoms with Crippen molar-refractivity contribution in [3.63, 3.8) is 0 Å². The van der Waals surface area contributed by atoms with E-state index in [4.69, 9.17) is 0 Å². The Morgan fingerprint density at radius 1 is 1.50 bits per heavy atom. The number of aryl methyl sites for hydroxylation is 1. The Bertz CT molecular complexity index is 571. The lowest BCUT2D eigenvalue weighted by atomic mass is 10.3. The highest BCUT2D eigenvalue weighted by Gasteiger charge is 2.01. The molecule has 2 aromatic rings. The summed E-state index contributed by atoms with van der Waals surface area (Å²) in [6, 6.07) is 4.04. The van der Waals surface area contributed by atoms with Crippen molar-refractivity contribution in [2.75, 3.05) is 0 Å². The molecule has 2 rings (SSSR count). The summed E-state index contributed by atoms with van der Waals surface area (Å²) in [6.45, 7) is 2.65.